The number of ketones is 2. The quantitative estimate of drug-likeness (QED) is 0.843. The van der Waals surface area contributed by atoms with Crippen LogP contribution in [0.15, 0.2) is 12.1 Å². The summed E-state index contributed by atoms with van der Waals surface area (Å²) in [6.07, 6.45) is 3.97. The number of carbonyl (C=O) groups is 2. The minimum absolute atomic E-state index is 0.116. The number of benzene rings is 1. The van der Waals surface area contributed by atoms with Crippen LogP contribution in [0, 0.1) is 24.7 Å². The Morgan fingerprint density at radius 2 is 1.50 bits per heavy atom. The second-order valence-electron chi connectivity index (χ2n) is 7.50. The Kier molecular flexibility index (Phi) is 4.91. The monoisotopic (exact) mass is 328 g/mol. The van der Waals surface area contributed by atoms with Gasteiger partial charge in [0.15, 0.2) is 11.6 Å². The SMILES string of the molecule is CCc1cc(C)cc(CC)c1C1C(=O)C2CC(CCO)CC2C1=O. The highest BCUT2D eigenvalue weighted by atomic mass is 16.3. The number of fused-ring (bicyclic) bond motifs is 1. The third-order valence-corrected chi connectivity index (χ3v) is 6.04. The molecule has 0 saturated heterocycles. The molecule has 3 heteroatoms. The number of aliphatic hydroxyl groups is 1. The Hall–Kier alpha value is -1.48. The third kappa shape index (κ3) is 2.73. The topological polar surface area (TPSA) is 54.4 Å². The van der Waals surface area contributed by atoms with Crippen molar-refractivity contribution in [1.82, 2.24) is 0 Å². The minimum Gasteiger partial charge on any atom is -0.396 e. The number of hydrogen-bond donors (Lipinski definition) is 1. The molecule has 1 N–H and O–H groups in total. The molecule has 2 unspecified atom stereocenters. The zero-order chi connectivity index (χ0) is 17.4. The third-order valence-electron chi connectivity index (χ3n) is 6.04. The fourth-order valence-corrected chi connectivity index (χ4v) is 4.95. The van der Waals surface area contributed by atoms with E-state index < -0.39 is 5.92 Å². The Labute approximate surface area is 144 Å². The lowest BCUT2D eigenvalue weighted by molar-refractivity contribution is -0.125. The predicted molar refractivity (Wildman–Crippen MR) is 94.1 cm³/mol. The smallest absolute Gasteiger partial charge is 0.151 e. The molecular formula is C21H28O3. The summed E-state index contributed by atoms with van der Waals surface area (Å²) in [5.41, 5.74) is 4.53. The Bertz CT molecular complexity index is 612. The molecule has 0 heterocycles. The highest BCUT2D eigenvalue weighted by Gasteiger charge is 2.54. The predicted octanol–water partition coefficient (Wildman–Crippen LogP) is 3.38. The van der Waals surface area contributed by atoms with Crippen molar-refractivity contribution in [2.24, 2.45) is 17.8 Å². The molecule has 1 aromatic rings. The summed E-state index contributed by atoms with van der Waals surface area (Å²) >= 11 is 0. The summed E-state index contributed by atoms with van der Waals surface area (Å²) in [7, 11) is 0. The zero-order valence-electron chi connectivity index (χ0n) is 15.0. The van der Waals surface area contributed by atoms with E-state index in [1.165, 1.54) is 5.56 Å². The first-order valence-corrected chi connectivity index (χ1v) is 9.32. The van der Waals surface area contributed by atoms with Crippen molar-refractivity contribution in [3.05, 3.63) is 34.4 Å². The number of rotatable bonds is 5. The molecule has 0 aliphatic heterocycles. The van der Waals surface area contributed by atoms with Crippen LogP contribution in [0.3, 0.4) is 0 Å². The summed E-state index contributed by atoms with van der Waals surface area (Å²) in [6.45, 7) is 6.42. The molecule has 0 aromatic heterocycles. The van der Waals surface area contributed by atoms with E-state index in [9.17, 15) is 9.59 Å². The zero-order valence-corrected chi connectivity index (χ0v) is 15.0. The maximum absolute atomic E-state index is 13.1. The molecule has 3 nitrogen and oxygen atoms in total. The maximum Gasteiger partial charge on any atom is 0.151 e. The van der Waals surface area contributed by atoms with Crippen molar-refractivity contribution in [2.75, 3.05) is 6.61 Å². The molecule has 2 fully saturated rings. The lowest BCUT2D eigenvalue weighted by Gasteiger charge is -2.20. The van der Waals surface area contributed by atoms with Crippen LogP contribution in [-0.2, 0) is 22.4 Å². The fourth-order valence-electron chi connectivity index (χ4n) is 4.95. The Morgan fingerprint density at radius 1 is 1.00 bits per heavy atom. The first kappa shape index (κ1) is 17.3. The van der Waals surface area contributed by atoms with Crippen LogP contribution in [0.5, 0.6) is 0 Å². The molecule has 2 aliphatic rings. The lowest BCUT2D eigenvalue weighted by atomic mass is 9.82. The van der Waals surface area contributed by atoms with Gasteiger partial charge in [0.2, 0.25) is 0 Å². The van der Waals surface area contributed by atoms with Crippen molar-refractivity contribution in [1.29, 1.82) is 0 Å². The van der Waals surface area contributed by atoms with Crippen LogP contribution in [0.4, 0.5) is 0 Å². The van der Waals surface area contributed by atoms with Gasteiger partial charge in [-0.15, -0.1) is 0 Å². The van der Waals surface area contributed by atoms with E-state index in [1.54, 1.807) is 0 Å². The lowest BCUT2D eigenvalue weighted by Crippen LogP contribution is -2.21. The molecule has 0 radical (unpaired) electrons. The minimum atomic E-state index is -0.541. The standard InChI is InChI=1S/C21H28O3/c1-4-14-8-12(3)9-15(5-2)18(14)19-20(23)16-10-13(6-7-22)11-17(16)21(19)24/h8-9,13,16-17,19,22H,4-7,10-11H2,1-3H3. The number of aliphatic hydroxyl groups excluding tert-OH is 1. The van der Waals surface area contributed by atoms with Crippen molar-refractivity contribution in [3.63, 3.8) is 0 Å². The van der Waals surface area contributed by atoms with E-state index in [-0.39, 0.29) is 30.0 Å². The van der Waals surface area contributed by atoms with Gasteiger partial charge in [-0.3, -0.25) is 9.59 Å². The van der Waals surface area contributed by atoms with E-state index in [1.807, 2.05) is 0 Å². The molecule has 2 saturated carbocycles. The average Bonchev–Trinajstić information content (AvgIpc) is 3.07. The summed E-state index contributed by atoms with van der Waals surface area (Å²) in [5.74, 6) is -0.171. The number of hydrogen-bond acceptors (Lipinski definition) is 3. The van der Waals surface area contributed by atoms with Crippen molar-refractivity contribution < 1.29 is 14.7 Å². The first-order valence-electron chi connectivity index (χ1n) is 9.32. The van der Waals surface area contributed by atoms with Crippen molar-refractivity contribution in [3.8, 4) is 0 Å². The number of Topliss-reactive ketones (excluding diaryl/α,β-unsaturated/α-hetero) is 2. The van der Waals surface area contributed by atoms with Crippen LogP contribution in [0.25, 0.3) is 0 Å². The van der Waals surface area contributed by atoms with Crippen LogP contribution < -0.4 is 0 Å². The Morgan fingerprint density at radius 3 is 1.92 bits per heavy atom. The second kappa shape index (κ2) is 6.79. The van der Waals surface area contributed by atoms with Crippen LogP contribution in [-0.4, -0.2) is 23.3 Å². The Balaban J connectivity index is 1.98. The molecule has 1 aromatic carbocycles. The maximum atomic E-state index is 13.1. The van der Waals surface area contributed by atoms with Crippen LogP contribution >= 0.6 is 0 Å². The molecule has 0 amide bonds. The largest absolute Gasteiger partial charge is 0.396 e. The molecule has 0 bridgehead atoms. The van der Waals surface area contributed by atoms with E-state index in [2.05, 4.69) is 32.9 Å². The first-order chi connectivity index (χ1) is 11.5. The summed E-state index contributed by atoms with van der Waals surface area (Å²) in [5, 5.41) is 9.14. The van der Waals surface area contributed by atoms with Gasteiger partial charge in [-0.05, 0) is 61.6 Å². The van der Waals surface area contributed by atoms with Gasteiger partial charge in [-0.1, -0.05) is 31.5 Å². The van der Waals surface area contributed by atoms with Gasteiger partial charge in [-0.25, -0.2) is 0 Å². The van der Waals surface area contributed by atoms with Crippen LogP contribution in [0.1, 0.15) is 61.3 Å². The van der Waals surface area contributed by atoms with E-state index in [0.29, 0.717) is 12.3 Å². The second-order valence-corrected chi connectivity index (χ2v) is 7.50. The summed E-state index contributed by atoms with van der Waals surface area (Å²) < 4.78 is 0. The van der Waals surface area contributed by atoms with Crippen LogP contribution in [0.2, 0.25) is 0 Å². The van der Waals surface area contributed by atoms with Gasteiger partial charge in [-0.2, -0.15) is 0 Å². The molecule has 0 spiro atoms. The van der Waals surface area contributed by atoms with Crippen molar-refractivity contribution >= 4 is 11.6 Å². The molecular weight excluding hydrogens is 300 g/mol. The van der Waals surface area contributed by atoms with Gasteiger partial charge in [0.1, 0.15) is 5.92 Å². The summed E-state index contributed by atoms with van der Waals surface area (Å²) in [4.78, 5) is 26.2. The number of carbonyl (C=O) groups excluding carboxylic acids is 2. The van der Waals surface area contributed by atoms with E-state index in [0.717, 1.165) is 42.4 Å². The van der Waals surface area contributed by atoms with Gasteiger partial charge >= 0.3 is 0 Å². The molecule has 24 heavy (non-hydrogen) atoms. The van der Waals surface area contributed by atoms with Gasteiger partial charge in [0, 0.05) is 18.4 Å². The van der Waals surface area contributed by atoms with Crippen molar-refractivity contribution in [2.45, 2.75) is 58.8 Å². The molecule has 3 rings (SSSR count). The number of aryl methyl sites for hydroxylation is 3. The van der Waals surface area contributed by atoms with E-state index >= 15 is 0 Å². The molecule has 130 valence electrons. The van der Waals surface area contributed by atoms with Gasteiger partial charge in [0.25, 0.3) is 0 Å². The highest BCUT2D eigenvalue weighted by molar-refractivity contribution is 6.16. The molecule has 2 aliphatic carbocycles. The fraction of sp³-hybridized carbons (Fsp3) is 0.619. The average molecular weight is 328 g/mol. The normalized spacial score (nSPS) is 29.3. The summed E-state index contributed by atoms with van der Waals surface area (Å²) in [6, 6.07) is 4.27. The van der Waals surface area contributed by atoms with E-state index in [4.69, 9.17) is 5.11 Å². The highest BCUT2D eigenvalue weighted by Crippen LogP contribution is 2.50. The van der Waals surface area contributed by atoms with Gasteiger partial charge in [0.05, 0.1) is 0 Å². The molecule has 2 atom stereocenters. The van der Waals surface area contributed by atoms with Gasteiger partial charge < -0.3 is 5.11 Å².